The number of amides is 3. The van der Waals surface area contributed by atoms with E-state index < -0.39 is 5.82 Å². The number of halogens is 1. The van der Waals surface area contributed by atoms with Gasteiger partial charge in [-0.15, -0.1) is 11.8 Å². The molecule has 12 heteroatoms. The number of fused-ring (bicyclic) bond motifs is 2. The summed E-state index contributed by atoms with van der Waals surface area (Å²) in [6, 6.07) is 21.3. The van der Waals surface area contributed by atoms with Crippen LogP contribution >= 0.6 is 11.8 Å². The maximum Gasteiger partial charge on any atom is 0.242 e. The van der Waals surface area contributed by atoms with Crippen molar-refractivity contribution in [3.05, 3.63) is 89.7 Å². The zero-order valence-corrected chi connectivity index (χ0v) is 25.3. The number of anilines is 1. The molecule has 10 nitrogen and oxygen atoms in total. The molecule has 4 heterocycles. The van der Waals surface area contributed by atoms with E-state index in [1.54, 1.807) is 26.6 Å². The number of benzene rings is 3. The topological polar surface area (TPSA) is 97.2 Å². The van der Waals surface area contributed by atoms with Crippen LogP contribution in [0.1, 0.15) is 23.3 Å². The van der Waals surface area contributed by atoms with Gasteiger partial charge in [-0.25, -0.2) is 9.07 Å². The second-order valence-electron chi connectivity index (χ2n) is 11.0. The Morgan fingerprint density at radius 3 is 2.38 bits per heavy atom. The van der Waals surface area contributed by atoms with Gasteiger partial charge < -0.3 is 19.3 Å². The normalized spacial score (nSPS) is 17.7. The van der Waals surface area contributed by atoms with Crippen molar-refractivity contribution in [1.82, 2.24) is 19.6 Å². The van der Waals surface area contributed by atoms with Gasteiger partial charge in [-0.1, -0.05) is 36.4 Å². The number of piperazine rings is 1. The molecule has 1 saturated heterocycles. The Hall–Kier alpha value is -4.84. The molecule has 0 radical (unpaired) electrons. The van der Waals surface area contributed by atoms with Crippen LogP contribution < -0.4 is 14.4 Å². The maximum atomic E-state index is 14.1. The molecule has 0 bridgehead atoms. The predicted molar refractivity (Wildman–Crippen MR) is 167 cm³/mol. The lowest BCUT2D eigenvalue weighted by Crippen LogP contribution is -2.53. The maximum absolute atomic E-state index is 14.1. The van der Waals surface area contributed by atoms with Gasteiger partial charge >= 0.3 is 0 Å². The third-order valence-corrected chi connectivity index (χ3v) is 9.53. The highest BCUT2D eigenvalue weighted by Crippen LogP contribution is 2.50. The Balaban J connectivity index is 1.38. The van der Waals surface area contributed by atoms with Crippen molar-refractivity contribution >= 4 is 35.3 Å². The molecule has 1 aromatic heterocycles. The number of hydrogen-bond donors (Lipinski definition) is 0. The van der Waals surface area contributed by atoms with Crippen LogP contribution in [0.2, 0.25) is 0 Å². The molecule has 45 heavy (non-hydrogen) atoms. The smallest absolute Gasteiger partial charge is 0.242 e. The van der Waals surface area contributed by atoms with Crippen molar-refractivity contribution in [3.63, 3.8) is 0 Å². The Labute approximate surface area is 263 Å². The summed E-state index contributed by atoms with van der Waals surface area (Å²) in [5.74, 6) is 0.926. The minimum atomic E-state index is -0.401. The molecule has 1 unspecified atom stereocenters. The van der Waals surface area contributed by atoms with Crippen LogP contribution in [-0.4, -0.2) is 82.6 Å². The van der Waals surface area contributed by atoms with Gasteiger partial charge in [-0.3, -0.25) is 19.3 Å². The fourth-order valence-corrected chi connectivity index (χ4v) is 7.12. The molecular weight excluding hydrogens is 597 g/mol. The third kappa shape index (κ3) is 5.50. The largest absolute Gasteiger partial charge is 0.454 e. The number of nitrogens with zero attached hydrogens (tertiary/aromatic N) is 5. The molecule has 0 saturated carbocycles. The van der Waals surface area contributed by atoms with Crippen molar-refractivity contribution in [2.24, 2.45) is 0 Å². The third-order valence-electron chi connectivity index (χ3n) is 8.28. The summed E-state index contributed by atoms with van der Waals surface area (Å²) in [5, 5.41) is 4.69. The Bertz CT molecular complexity index is 1770. The molecule has 3 aliphatic heterocycles. The van der Waals surface area contributed by atoms with Crippen molar-refractivity contribution in [3.8, 4) is 28.4 Å². The molecule has 0 N–H and O–H groups in total. The standard InChI is InChI=1S/C33H30FN5O5S/c1-21(40)36-13-15-37(16-14-36)28(41)18-38-29(42)19-45-32(23-7-12-26-27(17-23)44-20-43-26)30-31(22-5-3-2-4-6-22)35-39(33(30)38)25-10-8-24(34)9-11-25/h2-12,17,32H,13-16,18-20H2,1H3. The molecule has 0 aliphatic carbocycles. The van der Waals surface area contributed by atoms with E-state index in [2.05, 4.69) is 0 Å². The number of hydrogen-bond acceptors (Lipinski definition) is 7. The first-order valence-electron chi connectivity index (χ1n) is 14.7. The predicted octanol–water partition coefficient (Wildman–Crippen LogP) is 4.27. The monoisotopic (exact) mass is 627 g/mol. The summed E-state index contributed by atoms with van der Waals surface area (Å²) in [7, 11) is 0. The van der Waals surface area contributed by atoms with Gasteiger partial charge in [0.2, 0.25) is 24.5 Å². The molecule has 7 rings (SSSR count). The van der Waals surface area contributed by atoms with Gasteiger partial charge in [-0.05, 0) is 42.0 Å². The van der Waals surface area contributed by atoms with Gasteiger partial charge in [0.05, 0.1) is 22.4 Å². The average molecular weight is 628 g/mol. The zero-order chi connectivity index (χ0) is 31.1. The lowest BCUT2D eigenvalue weighted by atomic mass is 9.99. The van der Waals surface area contributed by atoms with Gasteiger partial charge in [0.1, 0.15) is 18.2 Å². The van der Waals surface area contributed by atoms with Gasteiger partial charge in [0.15, 0.2) is 11.5 Å². The van der Waals surface area contributed by atoms with E-state index in [4.69, 9.17) is 14.6 Å². The van der Waals surface area contributed by atoms with Crippen LogP contribution in [0, 0.1) is 5.82 Å². The number of thioether (sulfide) groups is 1. The second kappa shape index (κ2) is 11.9. The first-order chi connectivity index (χ1) is 21.9. The lowest BCUT2D eigenvalue weighted by molar-refractivity contribution is -0.137. The summed E-state index contributed by atoms with van der Waals surface area (Å²) in [5.41, 5.74) is 3.68. The van der Waals surface area contributed by atoms with Crippen LogP contribution in [0.25, 0.3) is 16.9 Å². The minimum Gasteiger partial charge on any atom is -0.454 e. The summed E-state index contributed by atoms with van der Waals surface area (Å²) >= 11 is 1.45. The van der Waals surface area contributed by atoms with Gasteiger partial charge in [0, 0.05) is 44.2 Å². The highest BCUT2D eigenvalue weighted by molar-refractivity contribution is 8.00. The second-order valence-corrected chi connectivity index (χ2v) is 12.1. The first kappa shape index (κ1) is 28.9. The summed E-state index contributed by atoms with van der Waals surface area (Å²) in [4.78, 5) is 44.6. The van der Waals surface area contributed by atoms with Gasteiger partial charge in [-0.2, -0.15) is 5.10 Å². The first-order valence-corrected chi connectivity index (χ1v) is 15.7. The molecule has 1 fully saturated rings. The number of ether oxygens (including phenoxy) is 2. The van der Waals surface area contributed by atoms with E-state index >= 15 is 0 Å². The molecule has 0 spiro atoms. The van der Waals surface area contributed by atoms with Crippen LogP contribution in [0.4, 0.5) is 10.2 Å². The van der Waals surface area contributed by atoms with E-state index in [1.165, 1.54) is 35.7 Å². The van der Waals surface area contributed by atoms with Crippen LogP contribution in [0.3, 0.4) is 0 Å². The van der Waals surface area contributed by atoms with Crippen molar-refractivity contribution < 1.29 is 28.2 Å². The van der Waals surface area contributed by atoms with E-state index in [9.17, 15) is 18.8 Å². The Morgan fingerprint density at radius 2 is 1.64 bits per heavy atom. The van der Waals surface area contributed by atoms with Gasteiger partial charge in [0.25, 0.3) is 0 Å². The highest BCUT2D eigenvalue weighted by atomic mass is 32.2. The summed E-state index contributed by atoms with van der Waals surface area (Å²) in [6.07, 6.45) is 0. The average Bonchev–Trinajstić information content (AvgIpc) is 3.66. The number of carbonyl (C=O) groups is 3. The minimum absolute atomic E-state index is 0.0299. The molecule has 4 aromatic rings. The van der Waals surface area contributed by atoms with E-state index in [0.29, 0.717) is 54.9 Å². The lowest BCUT2D eigenvalue weighted by Gasteiger charge is -2.35. The molecule has 1 atom stereocenters. The number of aromatic nitrogens is 2. The fourth-order valence-electron chi connectivity index (χ4n) is 5.94. The Morgan fingerprint density at radius 1 is 0.933 bits per heavy atom. The zero-order valence-electron chi connectivity index (χ0n) is 24.5. The van der Waals surface area contributed by atoms with Crippen molar-refractivity contribution in [2.45, 2.75) is 12.2 Å². The van der Waals surface area contributed by atoms with Crippen LogP contribution in [0.15, 0.2) is 72.8 Å². The van der Waals surface area contributed by atoms with Crippen molar-refractivity contribution in [1.29, 1.82) is 0 Å². The molecule has 3 amide bonds. The van der Waals surface area contributed by atoms with E-state index in [0.717, 1.165) is 16.7 Å². The van der Waals surface area contributed by atoms with E-state index in [-0.39, 0.29) is 42.1 Å². The van der Waals surface area contributed by atoms with Crippen LogP contribution in [-0.2, 0) is 14.4 Å². The quantitative estimate of drug-likeness (QED) is 0.326. The molecule has 230 valence electrons. The van der Waals surface area contributed by atoms with E-state index in [1.807, 2.05) is 48.5 Å². The number of carbonyl (C=O) groups excluding carboxylic acids is 3. The SMILES string of the molecule is CC(=O)N1CCN(C(=O)CN2C(=O)CSC(c3ccc4c(c3)OCO4)c3c(-c4ccccc4)nn(-c4ccc(F)cc4)c32)CC1. The summed E-state index contributed by atoms with van der Waals surface area (Å²) < 4.78 is 27.0. The highest BCUT2D eigenvalue weighted by Gasteiger charge is 2.39. The molecular formula is C33H30FN5O5S. The van der Waals surface area contributed by atoms with Crippen LogP contribution in [0.5, 0.6) is 11.5 Å². The molecule has 3 aliphatic rings. The summed E-state index contributed by atoms with van der Waals surface area (Å²) in [6.45, 7) is 3.09. The number of rotatable bonds is 5. The fraction of sp³-hybridized carbons (Fsp3) is 0.273. The molecule has 3 aromatic carbocycles. The Kier molecular flexibility index (Phi) is 7.66. The van der Waals surface area contributed by atoms with Crippen molar-refractivity contribution in [2.75, 3.05) is 50.2 Å².